The number of pyridine rings is 1. The molecule has 1 heterocycles. The Hall–Kier alpha value is -2.44. The molecule has 4 N–H and O–H groups in total. The van der Waals surface area contributed by atoms with Gasteiger partial charge in [-0.2, -0.15) is 0 Å². The lowest BCUT2D eigenvalue weighted by atomic mass is 10.1. The van der Waals surface area contributed by atoms with Crippen molar-refractivity contribution in [1.82, 2.24) is 9.88 Å². The van der Waals surface area contributed by atoms with Crippen LogP contribution in [0.1, 0.15) is 15.9 Å². The number of nitrogens with zero attached hydrogens (tertiary/aromatic N) is 2. The average Bonchev–Trinajstić information content (AvgIpc) is 2.55. The number of aliphatic hydroxyl groups is 1. The molecule has 6 nitrogen and oxygen atoms in total. The summed E-state index contributed by atoms with van der Waals surface area (Å²) in [5, 5.41) is 9.17. The number of nitrogens with one attached hydrogen (secondary N) is 1. The Morgan fingerprint density at radius 3 is 2.71 bits per heavy atom. The fraction of sp³-hybridized carbons (Fsp3) is 0.200. The molecule has 0 saturated heterocycles. The highest BCUT2D eigenvalue weighted by Gasteiger charge is 2.16. The van der Waals surface area contributed by atoms with E-state index in [-0.39, 0.29) is 19.1 Å². The molecule has 0 spiro atoms. The molecule has 2 aromatic rings. The van der Waals surface area contributed by atoms with Gasteiger partial charge in [0.25, 0.3) is 5.91 Å². The van der Waals surface area contributed by atoms with Crippen LogP contribution in [0.2, 0.25) is 0 Å². The molecule has 0 saturated carbocycles. The van der Waals surface area contributed by atoms with Crippen LogP contribution in [-0.4, -0.2) is 34.0 Å². The Morgan fingerprint density at radius 2 is 2.05 bits per heavy atom. The molecule has 2 rings (SSSR count). The molecular formula is C15H18N4O2. The van der Waals surface area contributed by atoms with Crippen molar-refractivity contribution in [3.63, 3.8) is 0 Å². The van der Waals surface area contributed by atoms with Crippen molar-refractivity contribution in [2.45, 2.75) is 6.54 Å². The van der Waals surface area contributed by atoms with Crippen molar-refractivity contribution < 1.29 is 9.90 Å². The lowest BCUT2D eigenvalue weighted by Gasteiger charge is -2.22. The predicted molar refractivity (Wildman–Crippen MR) is 80.3 cm³/mol. The van der Waals surface area contributed by atoms with E-state index in [0.29, 0.717) is 17.9 Å². The summed E-state index contributed by atoms with van der Waals surface area (Å²) in [5.41, 5.74) is 3.89. The number of anilines is 1. The van der Waals surface area contributed by atoms with Crippen LogP contribution in [0.4, 0.5) is 5.82 Å². The Balaban J connectivity index is 2.18. The van der Waals surface area contributed by atoms with Crippen molar-refractivity contribution in [3.05, 3.63) is 59.8 Å². The van der Waals surface area contributed by atoms with Gasteiger partial charge in [-0.05, 0) is 17.7 Å². The molecular weight excluding hydrogens is 268 g/mol. The standard InChI is InChI=1S/C15H18N4O2/c16-18-14-10-13(6-7-17-14)15(21)19(8-9-20)11-12-4-2-1-3-5-12/h1-7,10,20H,8-9,11,16H2,(H,17,18). The molecule has 0 fully saturated rings. The smallest absolute Gasteiger partial charge is 0.254 e. The van der Waals surface area contributed by atoms with Gasteiger partial charge in [0, 0.05) is 24.8 Å². The Labute approximate surface area is 123 Å². The fourth-order valence-corrected chi connectivity index (χ4v) is 2.00. The second kappa shape index (κ2) is 7.37. The van der Waals surface area contributed by atoms with Crippen LogP contribution in [0, 0.1) is 0 Å². The van der Waals surface area contributed by atoms with Gasteiger partial charge < -0.3 is 15.4 Å². The first-order valence-electron chi connectivity index (χ1n) is 6.61. The maximum Gasteiger partial charge on any atom is 0.254 e. The zero-order chi connectivity index (χ0) is 15.1. The quantitative estimate of drug-likeness (QED) is 0.544. The number of aliphatic hydroxyl groups excluding tert-OH is 1. The van der Waals surface area contributed by atoms with Crippen molar-refractivity contribution in [2.24, 2.45) is 5.84 Å². The van der Waals surface area contributed by atoms with Crippen molar-refractivity contribution in [3.8, 4) is 0 Å². The molecule has 6 heteroatoms. The lowest BCUT2D eigenvalue weighted by molar-refractivity contribution is 0.0708. The minimum absolute atomic E-state index is 0.0916. The van der Waals surface area contributed by atoms with E-state index in [1.165, 1.54) is 6.20 Å². The minimum Gasteiger partial charge on any atom is -0.395 e. The van der Waals surface area contributed by atoms with Crippen LogP contribution in [-0.2, 0) is 6.54 Å². The van der Waals surface area contributed by atoms with Crippen LogP contribution in [0.15, 0.2) is 48.7 Å². The molecule has 0 unspecified atom stereocenters. The van der Waals surface area contributed by atoms with Crippen LogP contribution in [0.25, 0.3) is 0 Å². The van der Waals surface area contributed by atoms with E-state index in [2.05, 4.69) is 10.4 Å². The summed E-state index contributed by atoms with van der Waals surface area (Å²) in [4.78, 5) is 18.1. The summed E-state index contributed by atoms with van der Waals surface area (Å²) < 4.78 is 0. The first kappa shape index (κ1) is 15.0. The Bertz CT molecular complexity index is 589. The molecule has 1 aromatic heterocycles. The molecule has 1 amide bonds. The van der Waals surface area contributed by atoms with Gasteiger partial charge in [-0.1, -0.05) is 30.3 Å². The van der Waals surface area contributed by atoms with Crippen molar-refractivity contribution in [1.29, 1.82) is 0 Å². The molecule has 1 aromatic carbocycles. The molecule has 0 bridgehead atoms. The highest BCUT2D eigenvalue weighted by atomic mass is 16.3. The molecule has 110 valence electrons. The third kappa shape index (κ3) is 4.01. The van der Waals surface area contributed by atoms with Gasteiger partial charge in [0.1, 0.15) is 5.82 Å². The highest BCUT2D eigenvalue weighted by molar-refractivity contribution is 5.94. The van der Waals surface area contributed by atoms with E-state index in [1.807, 2.05) is 30.3 Å². The summed E-state index contributed by atoms with van der Waals surface area (Å²) in [6.45, 7) is 0.612. The van der Waals surface area contributed by atoms with Crippen LogP contribution >= 0.6 is 0 Å². The zero-order valence-corrected chi connectivity index (χ0v) is 11.6. The normalized spacial score (nSPS) is 10.2. The number of benzene rings is 1. The third-order valence-electron chi connectivity index (χ3n) is 3.03. The van der Waals surface area contributed by atoms with Gasteiger partial charge in [0.05, 0.1) is 6.61 Å². The second-order valence-electron chi connectivity index (χ2n) is 4.51. The van der Waals surface area contributed by atoms with E-state index >= 15 is 0 Å². The molecule has 21 heavy (non-hydrogen) atoms. The molecule has 0 aliphatic heterocycles. The SMILES string of the molecule is NNc1cc(C(=O)N(CCO)Cc2ccccc2)ccn1. The largest absolute Gasteiger partial charge is 0.395 e. The number of rotatable bonds is 6. The number of hydrogen-bond donors (Lipinski definition) is 3. The van der Waals surface area contributed by atoms with E-state index in [0.717, 1.165) is 5.56 Å². The number of carbonyl (C=O) groups is 1. The Morgan fingerprint density at radius 1 is 1.29 bits per heavy atom. The summed E-state index contributed by atoms with van der Waals surface area (Å²) >= 11 is 0. The maximum absolute atomic E-state index is 12.5. The second-order valence-corrected chi connectivity index (χ2v) is 4.51. The Kier molecular flexibility index (Phi) is 5.25. The average molecular weight is 286 g/mol. The maximum atomic E-state index is 12.5. The number of carbonyl (C=O) groups excluding carboxylic acids is 1. The summed E-state index contributed by atoms with van der Waals surface area (Å²) in [6, 6.07) is 12.8. The predicted octanol–water partition coefficient (Wildman–Crippen LogP) is 1.00. The monoisotopic (exact) mass is 286 g/mol. The van der Waals surface area contributed by atoms with E-state index < -0.39 is 0 Å². The van der Waals surface area contributed by atoms with Crippen LogP contribution in [0.5, 0.6) is 0 Å². The van der Waals surface area contributed by atoms with Gasteiger partial charge in [-0.15, -0.1) is 0 Å². The van der Waals surface area contributed by atoms with Crippen LogP contribution in [0.3, 0.4) is 0 Å². The topological polar surface area (TPSA) is 91.5 Å². The number of amides is 1. The van der Waals surface area contributed by atoms with Gasteiger partial charge in [-0.3, -0.25) is 4.79 Å². The number of aromatic nitrogens is 1. The van der Waals surface area contributed by atoms with Gasteiger partial charge in [-0.25, -0.2) is 10.8 Å². The van der Waals surface area contributed by atoms with E-state index in [9.17, 15) is 9.90 Å². The van der Waals surface area contributed by atoms with E-state index in [4.69, 9.17) is 5.84 Å². The van der Waals surface area contributed by atoms with Gasteiger partial charge >= 0.3 is 0 Å². The minimum atomic E-state index is -0.174. The number of nitrogens with two attached hydrogens (primary N) is 1. The third-order valence-corrected chi connectivity index (χ3v) is 3.03. The summed E-state index contributed by atoms with van der Waals surface area (Å²) in [5.74, 6) is 5.55. The first-order chi connectivity index (χ1) is 10.2. The van der Waals surface area contributed by atoms with Crippen LogP contribution < -0.4 is 11.3 Å². The molecule has 0 aliphatic carbocycles. The first-order valence-corrected chi connectivity index (χ1v) is 6.61. The molecule has 0 radical (unpaired) electrons. The summed E-state index contributed by atoms with van der Waals surface area (Å²) in [7, 11) is 0. The molecule has 0 aliphatic rings. The number of nitrogen functional groups attached to an aromatic ring is 1. The lowest BCUT2D eigenvalue weighted by Crippen LogP contribution is -2.33. The summed E-state index contributed by atoms with van der Waals surface area (Å²) in [6.07, 6.45) is 1.52. The zero-order valence-electron chi connectivity index (χ0n) is 11.6. The van der Waals surface area contributed by atoms with Crippen molar-refractivity contribution in [2.75, 3.05) is 18.6 Å². The fourth-order valence-electron chi connectivity index (χ4n) is 2.00. The van der Waals surface area contributed by atoms with E-state index in [1.54, 1.807) is 17.0 Å². The van der Waals surface area contributed by atoms with Gasteiger partial charge in [0.2, 0.25) is 0 Å². The number of hydrazine groups is 1. The highest BCUT2D eigenvalue weighted by Crippen LogP contribution is 2.12. The number of hydrogen-bond acceptors (Lipinski definition) is 5. The molecule has 0 atom stereocenters. The van der Waals surface area contributed by atoms with Gasteiger partial charge in [0.15, 0.2) is 0 Å². The van der Waals surface area contributed by atoms with Crippen molar-refractivity contribution >= 4 is 11.7 Å².